The second kappa shape index (κ2) is 9.77. The van der Waals surface area contributed by atoms with E-state index in [1.54, 1.807) is 18.2 Å². The number of hydrogen-bond donors (Lipinski definition) is 3. The smallest absolute Gasteiger partial charge is 0.407 e. The molecule has 0 radical (unpaired) electrons. The van der Waals surface area contributed by atoms with E-state index in [-0.39, 0.29) is 19.6 Å². The molecule has 0 aliphatic heterocycles. The van der Waals surface area contributed by atoms with Gasteiger partial charge in [-0.25, -0.2) is 4.79 Å². The Kier molecular flexibility index (Phi) is 7.71. The molecule has 25 heavy (non-hydrogen) atoms. The molecule has 3 N–H and O–H groups in total. The minimum atomic E-state index is -1.09. The van der Waals surface area contributed by atoms with Crippen molar-refractivity contribution in [1.29, 1.82) is 0 Å². The minimum Gasteiger partial charge on any atom is -0.445 e. The number of benzene rings is 2. The first-order valence-corrected chi connectivity index (χ1v) is 8.90. The van der Waals surface area contributed by atoms with Crippen molar-refractivity contribution in [2.24, 2.45) is 0 Å². The Hall–Kier alpha value is -1.60. The summed E-state index contributed by atoms with van der Waals surface area (Å²) in [6.07, 6.45) is -2.52. The lowest BCUT2D eigenvalue weighted by molar-refractivity contribution is 0.0136. The molecule has 0 heterocycles. The van der Waals surface area contributed by atoms with Crippen LogP contribution in [0.1, 0.15) is 23.7 Å². The van der Waals surface area contributed by atoms with Gasteiger partial charge in [0, 0.05) is 11.0 Å². The van der Waals surface area contributed by atoms with Gasteiger partial charge in [-0.1, -0.05) is 48.0 Å². The first-order chi connectivity index (χ1) is 12.0. The van der Waals surface area contributed by atoms with Crippen molar-refractivity contribution in [3.8, 4) is 0 Å². The number of halogens is 2. The highest BCUT2D eigenvalue weighted by Gasteiger charge is 2.19. The van der Waals surface area contributed by atoms with Gasteiger partial charge in [0.25, 0.3) is 0 Å². The highest BCUT2D eigenvalue weighted by Crippen LogP contribution is 2.27. The van der Waals surface area contributed by atoms with Gasteiger partial charge >= 0.3 is 6.09 Å². The molecule has 134 valence electrons. The predicted molar refractivity (Wildman–Crippen MR) is 99.4 cm³/mol. The number of rotatable bonds is 7. The lowest BCUT2D eigenvalue weighted by Gasteiger charge is -2.18. The molecule has 0 fully saturated rings. The van der Waals surface area contributed by atoms with Crippen LogP contribution in [0.3, 0.4) is 0 Å². The number of hydrogen-bond acceptors (Lipinski definition) is 4. The van der Waals surface area contributed by atoms with Crippen molar-refractivity contribution >= 4 is 33.6 Å². The van der Waals surface area contributed by atoms with E-state index in [2.05, 4.69) is 21.2 Å². The zero-order valence-electron chi connectivity index (χ0n) is 13.4. The van der Waals surface area contributed by atoms with Crippen LogP contribution in [-0.4, -0.2) is 29.0 Å². The molecule has 0 spiro atoms. The molecule has 7 heteroatoms. The minimum absolute atomic E-state index is 0.176. The first-order valence-electron chi connectivity index (χ1n) is 7.73. The number of aliphatic hydroxyl groups excluding tert-OH is 2. The normalized spacial score (nSPS) is 13.1. The van der Waals surface area contributed by atoms with Gasteiger partial charge in [-0.2, -0.15) is 0 Å². The maximum absolute atomic E-state index is 11.6. The predicted octanol–water partition coefficient (Wildman–Crippen LogP) is 3.81. The summed E-state index contributed by atoms with van der Waals surface area (Å²) >= 11 is 9.25. The fourth-order valence-electron chi connectivity index (χ4n) is 2.17. The molecule has 5 nitrogen and oxygen atoms in total. The van der Waals surface area contributed by atoms with Gasteiger partial charge in [-0.3, -0.25) is 0 Å². The van der Waals surface area contributed by atoms with Crippen molar-refractivity contribution in [3.63, 3.8) is 0 Å². The van der Waals surface area contributed by atoms with Crippen LogP contribution >= 0.6 is 27.5 Å². The third kappa shape index (κ3) is 6.32. The molecular weight excluding hydrogens is 410 g/mol. The van der Waals surface area contributed by atoms with Crippen molar-refractivity contribution in [2.45, 2.75) is 25.2 Å². The number of alkyl carbamates (subject to hydrolysis) is 1. The van der Waals surface area contributed by atoms with Crippen molar-refractivity contribution < 1.29 is 19.7 Å². The Balaban J connectivity index is 1.72. The number of carbonyl (C=O) groups excluding carboxylic acids is 1. The molecule has 2 rings (SSSR count). The summed E-state index contributed by atoms with van der Waals surface area (Å²) in [5, 5.41) is 23.2. The van der Waals surface area contributed by atoms with Gasteiger partial charge in [0.05, 0.1) is 11.1 Å². The molecule has 2 unspecified atom stereocenters. The van der Waals surface area contributed by atoms with Gasteiger partial charge in [-0.05, 0) is 45.6 Å². The number of amides is 1. The van der Waals surface area contributed by atoms with E-state index < -0.39 is 18.3 Å². The fourth-order valence-corrected chi connectivity index (χ4v) is 2.61. The summed E-state index contributed by atoms with van der Waals surface area (Å²) in [7, 11) is 0. The molecule has 2 atom stereocenters. The summed E-state index contributed by atoms with van der Waals surface area (Å²) in [5.41, 5.74) is 1.40. The highest BCUT2D eigenvalue weighted by molar-refractivity contribution is 9.10. The molecular formula is C18H19BrClNO4. The number of nitrogens with one attached hydrogen (secondary N) is 1. The van der Waals surface area contributed by atoms with Crippen LogP contribution < -0.4 is 5.32 Å². The monoisotopic (exact) mass is 427 g/mol. The fraction of sp³-hybridized carbons (Fsp3) is 0.278. The molecule has 0 aliphatic carbocycles. The van der Waals surface area contributed by atoms with E-state index in [4.69, 9.17) is 16.3 Å². The van der Waals surface area contributed by atoms with Gasteiger partial charge in [0.2, 0.25) is 0 Å². The SMILES string of the molecule is O=C(NCCC(O)C(O)c1ccc(Br)c(Cl)c1)OCc1ccccc1. The summed E-state index contributed by atoms with van der Waals surface area (Å²) in [6, 6.07) is 14.3. The van der Waals surface area contributed by atoms with E-state index in [1.807, 2.05) is 30.3 Å². The second-order valence-electron chi connectivity index (χ2n) is 5.46. The third-order valence-electron chi connectivity index (χ3n) is 3.57. The zero-order valence-corrected chi connectivity index (χ0v) is 15.7. The number of ether oxygens (including phenoxy) is 1. The quantitative estimate of drug-likeness (QED) is 0.626. The van der Waals surface area contributed by atoms with Gasteiger partial charge < -0.3 is 20.3 Å². The Morgan fingerprint density at radius 3 is 2.60 bits per heavy atom. The Labute approximate surface area is 159 Å². The van der Waals surface area contributed by atoms with Crippen molar-refractivity contribution in [2.75, 3.05) is 6.54 Å². The van der Waals surface area contributed by atoms with Crippen LogP contribution in [0, 0.1) is 0 Å². The topological polar surface area (TPSA) is 78.8 Å². The van der Waals surface area contributed by atoms with E-state index in [9.17, 15) is 15.0 Å². The summed E-state index contributed by atoms with van der Waals surface area (Å²) in [4.78, 5) is 11.6. The summed E-state index contributed by atoms with van der Waals surface area (Å²) in [5.74, 6) is 0. The maximum Gasteiger partial charge on any atom is 0.407 e. The van der Waals surface area contributed by atoms with Crippen molar-refractivity contribution in [1.82, 2.24) is 5.32 Å². The van der Waals surface area contributed by atoms with Crippen LogP contribution in [0.15, 0.2) is 53.0 Å². The molecule has 0 bridgehead atoms. The van der Waals surface area contributed by atoms with E-state index >= 15 is 0 Å². The number of carbonyl (C=O) groups is 1. The van der Waals surface area contributed by atoms with Gasteiger partial charge in [0.15, 0.2) is 0 Å². The Morgan fingerprint density at radius 2 is 1.92 bits per heavy atom. The largest absolute Gasteiger partial charge is 0.445 e. The van der Waals surface area contributed by atoms with Crippen LogP contribution in [0.4, 0.5) is 4.79 Å². The third-order valence-corrected chi connectivity index (χ3v) is 4.80. The van der Waals surface area contributed by atoms with Crippen molar-refractivity contribution in [3.05, 3.63) is 69.2 Å². The molecule has 2 aromatic carbocycles. The average Bonchev–Trinajstić information content (AvgIpc) is 2.62. The average molecular weight is 429 g/mol. The lowest BCUT2D eigenvalue weighted by atomic mass is 10.0. The molecule has 0 aromatic heterocycles. The molecule has 0 aliphatic rings. The summed E-state index contributed by atoms with van der Waals surface area (Å²) in [6.45, 7) is 0.353. The van der Waals surface area contributed by atoms with Crippen LogP contribution in [0.5, 0.6) is 0 Å². The Morgan fingerprint density at radius 1 is 1.20 bits per heavy atom. The zero-order chi connectivity index (χ0) is 18.2. The van der Waals surface area contributed by atoms with Gasteiger partial charge in [-0.15, -0.1) is 0 Å². The highest BCUT2D eigenvalue weighted by atomic mass is 79.9. The first kappa shape index (κ1) is 19.7. The van der Waals surface area contributed by atoms with Gasteiger partial charge in [0.1, 0.15) is 12.7 Å². The maximum atomic E-state index is 11.6. The lowest BCUT2D eigenvalue weighted by Crippen LogP contribution is -2.29. The second-order valence-corrected chi connectivity index (χ2v) is 6.72. The molecule has 0 saturated heterocycles. The molecule has 0 saturated carbocycles. The molecule has 2 aromatic rings. The Bertz CT molecular complexity index is 699. The van der Waals surface area contributed by atoms with E-state index in [1.165, 1.54) is 0 Å². The standard InChI is InChI=1S/C18H19BrClNO4/c19-14-7-6-13(10-15(14)20)17(23)16(22)8-9-21-18(24)25-11-12-4-2-1-3-5-12/h1-7,10,16-17,22-23H,8-9,11H2,(H,21,24). The molecule has 1 amide bonds. The van der Waals surface area contributed by atoms with Crippen LogP contribution in [0.25, 0.3) is 0 Å². The van der Waals surface area contributed by atoms with E-state index in [0.717, 1.165) is 5.56 Å². The van der Waals surface area contributed by atoms with Crippen LogP contribution in [0.2, 0.25) is 5.02 Å². The van der Waals surface area contributed by atoms with Crippen LogP contribution in [-0.2, 0) is 11.3 Å². The summed E-state index contributed by atoms with van der Waals surface area (Å²) < 4.78 is 5.78. The van der Waals surface area contributed by atoms with E-state index in [0.29, 0.717) is 15.1 Å². The number of aliphatic hydroxyl groups is 2.